The summed E-state index contributed by atoms with van der Waals surface area (Å²) >= 11 is 0. The maximum absolute atomic E-state index is 5.55. The highest BCUT2D eigenvalue weighted by Crippen LogP contribution is 2.16. The van der Waals surface area contributed by atoms with Crippen LogP contribution in [0.15, 0.2) is 28.8 Å². The Bertz CT molecular complexity index is 545. The zero-order valence-electron chi connectivity index (χ0n) is 11.6. The zero-order chi connectivity index (χ0) is 13.8. The molecule has 1 N–H and O–H groups in total. The van der Waals surface area contributed by atoms with Crippen molar-refractivity contribution in [3.8, 4) is 11.4 Å². The van der Waals surface area contributed by atoms with Gasteiger partial charge in [0.05, 0.1) is 12.6 Å². The highest BCUT2D eigenvalue weighted by atomic mass is 16.5. The van der Waals surface area contributed by atoms with Gasteiger partial charge in [-0.15, -0.1) is 0 Å². The van der Waals surface area contributed by atoms with Gasteiger partial charge in [-0.1, -0.05) is 35.0 Å². The van der Waals surface area contributed by atoms with Crippen LogP contribution in [0.5, 0.6) is 0 Å². The number of aromatic nitrogens is 2. The van der Waals surface area contributed by atoms with E-state index in [9.17, 15) is 0 Å². The Labute approximate surface area is 118 Å². The van der Waals surface area contributed by atoms with Crippen LogP contribution >= 0.6 is 0 Å². The van der Waals surface area contributed by atoms with Crippen molar-refractivity contribution in [2.24, 2.45) is 0 Å². The lowest BCUT2D eigenvalue weighted by molar-refractivity contribution is 0.109. The quantitative estimate of drug-likeness (QED) is 0.906. The highest BCUT2D eigenvalue weighted by Gasteiger charge is 2.15. The fraction of sp³-hybridized carbons (Fsp3) is 0.467. The fourth-order valence-electron chi connectivity index (χ4n) is 2.29. The largest absolute Gasteiger partial charge is 0.377 e. The Morgan fingerprint density at radius 2 is 2.15 bits per heavy atom. The molecule has 2 heterocycles. The van der Waals surface area contributed by atoms with Crippen molar-refractivity contribution in [1.29, 1.82) is 0 Å². The van der Waals surface area contributed by atoms with Gasteiger partial charge in [0.25, 0.3) is 0 Å². The van der Waals surface area contributed by atoms with Gasteiger partial charge in [-0.3, -0.25) is 0 Å². The van der Waals surface area contributed by atoms with Crippen LogP contribution in [-0.4, -0.2) is 29.4 Å². The molecular weight excluding hydrogens is 254 g/mol. The third-order valence-corrected chi connectivity index (χ3v) is 3.45. The second-order valence-electron chi connectivity index (χ2n) is 5.14. The molecule has 0 saturated carbocycles. The Morgan fingerprint density at radius 1 is 1.30 bits per heavy atom. The third-order valence-electron chi connectivity index (χ3n) is 3.45. The topological polar surface area (TPSA) is 60.2 Å². The fourth-order valence-corrected chi connectivity index (χ4v) is 2.29. The van der Waals surface area contributed by atoms with Crippen LogP contribution in [0, 0.1) is 6.92 Å². The Hall–Kier alpha value is -1.72. The lowest BCUT2D eigenvalue weighted by Crippen LogP contribution is -2.25. The molecule has 0 aliphatic carbocycles. The minimum Gasteiger partial charge on any atom is -0.377 e. The van der Waals surface area contributed by atoms with Gasteiger partial charge in [0.15, 0.2) is 0 Å². The predicted molar refractivity (Wildman–Crippen MR) is 75.2 cm³/mol. The standard InChI is InChI=1S/C15H19N3O2/c1-11-4-6-12(7-5-11)15-17-14(20-18-15)10-16-9-13-3-2-8-19-13/h4-7,13,16H,2-3,8-10H2,1H3. The van der Waals surface area contributed by atoms with E-state index in [1.54, 1.807) is 0 Å². The van der Waals surface area contributed by atoms with Crippen LogP contribution in [0.4, 0.5) is 0 Å². The van der Waals surface area contributed by atoms with Crippen LogP contribution in [0.3, 0.4) is 0 Å². The van der Waals surface area contributed by atoms with Crippen molar-refractivity contribution in [3.05, 3.63) is 35.7 Å². The van der Waals surface area contributed by atoms with Gasteiger partial charge in [0, 0.05) is 18.7 Å². The minimum absolute atomic E-state index is 0.328. The monoisotopic (exact) mass is 273 g/mol. The number of ether oxygens (including phenoxy) is 1. The van der Waals surface area contributed by atoms with Crippen molar-refractivity contribution >= 4 is 0 Å². The maximum Gasteiger partial charge on any atom is 0.240 e. The number of nitrogens with zero attached hydrogens (tertiary/aromatic N) is 2. The van der Waals surface area contributed by atoms with E-state index >= 15 is 0 Å². The molecule has 0 radical (unpaired) electrons. The first-order valence-corrected chi connectivity index (χ1v) is 7.03. The average molecular weight is 273 g/mol. The van der Waals surface area contributed by atoms with E-state index in [-0.39, 0.29) is 0 Å². The molecule has 3 rings (SSSR count). The molecule has 1 aliphatic heterocycles. The van der Waals surface area contributed by atoms with Gasteiger partial charge in [-0.05, 0) is 19.8 Å². The predicted octanol–water partition coefficient (Wildman–Crippen LogP) is 2.31. The Morgan fingerprint density at radius 3 is 2.90 bits per heavy atom. The molecule has 0 bridgehead atoms. The van der Waals surface area contributed by atoms with Crippen LogP contribution in [0.1, 0.15) is 24.3 Å². The maximum atomic E-state index is 5.55. The highest BCUT2D eigenvalue weighted by molar-refractivity contribution is 5.54. The van der Waals surface area contributed by atoms with Crippen molar-refractivity contribution < 1.29 is 9.26 Å². The van der Waals surface area contributed by atoms with Crippen molar-refractivity contribution in [2.45, 2.75) is 32.4 Å². The summed E-state index contributed by atoms with van der Waals surface area (Å²) in [5.41, 5.74) is 2.19. The molecule has 0 spiro atoms. The van der Waals surface area contributed by atoms with Crippen LogP contribution < -0.4 is 5.32 Å². The van der Waals surface area contributed by atoms with Gasteiger partial charge in [-0.2, -0.15) is 4.98 Å². The number of aryl methyl sites for hydroxylation is 1. The second-order valence-corrected chi connectivity index (χ2v) is 5.14. The van der Waals surface area contributed by atoms with E-state index in [2.05, 4.69) is 22.4 Å². The zero-order valence-corrected chi connectivity index (χ0v) is 11.6. The van der Waals surface area contributed by atoms with Gasteiger partial charge < -0.3 is 14.6 Å². The van der Waals surface area contributed by atoms with Gasteiger partial charge in [0.2, 0.25) is 11.7 Å². The lowest BCUT2D eigenvalue weighted by atomic mass is 10.1. The van der Waals surface area contributed by atoms with Crippen LogP contribution in [0.2, 0.25) is 0 Å². The summed E-state index contributed by atoms with van der Waals surface area (Å²) in [6.07, 6.45) is 2.62. The number of rotatable bonds is 5. The van der Waals surface area contributed by atoms with Crippen LogP contribution in [0.25, 0.3) is 11.4 Å². The smallest absolute Gasteiger partial charge is 0.240 e. The van der Waals surface area contributed by atoms with E-state index in [0.29, 0.717) is 24.4 Å². The minimum atomic E-state index is 0.328. The van der Waals surface area contributed by atoms with E-state index in [0.717, 1.165) is 31.6 Å². The summed E-state index contributed by atoms with van der Waals surface area (Å²) in [4.78, 5) is 4.39. The SMILES string of the molecule is Cc1ccc(-c2noc(CNCC3CCCO3)n2)cc1. The van der Waals surface area contributed by atoms with E-state index in [1.165, 1.54) is 5.56 Å². The number of benzene rings is 1. The van der Waals surface area contributed by atoms with Crippen molar-refractivity contribution in [1.82, 2.24) is 15.5 Å². The molecule has 1 aromatic carbocycles. The normalized spacial score (nSPS) is 18.6. The summed E-state index contributed by atoms with van der Waals surface area (Å²) in [5, 5.41) is 7.31. The number of hydrogen-bond donors (Lipinski definition) is 1. The summed E-state index contributed by atoms with van der Waals surface area (Å²) in [5.74, 6) is 1.25. The third kappa shape index (κ3) is 3.23. The number of nitrogens with one attached hydrogen (secondary N) is 1. The number of hydrogen-bond acceptors (Lipinski definition) is 5. The first-order valence-electron chi connectivity index (χ1n) is 7.03. The van der Waals surface area contributed by atoms with Gasteiger partial charge in [0.1, 0.15) is 0 Å². The van der Waals surface area contributed by atoms with Gasteiger partial charge in [-0.25, -0.2) is 0 Å². The molecule has 20 heavy (non-hydrogen) atoms. The first-order chi connectivity index (χ1) is 9.81. The molecule has 5 nitrogen and oxygen atoms in total. The summed E-state index contributed by atoms with van der Waals surface area (Å²) < 4.78 is 10.8. The molecule has 1 fully saturated rings. The molecule has 5 heteroatoms. The summed E-state index contributed by atoms with van der Waals surface area (Å²) in [6, 6.07) is 8.09. The molecule has 1 aromatic heterocycles. The lowest BCUT2D eigenvalue weighted by Gasteiger charge is -2.08. The molecule has 1 atom stereocenters. The summed E-state index contributed by atoms with van der Waals surface area (Å²) in [6.45, 7) is 4.35. The molecule has 2 aromatic rings. The van der Waals surface area contributed by atoms with E-state index in [1.807, 2.05) is 24.3 Å². The summed E-state index contributed by atoms with van der Waals surface area (Å²) in [7, 11) is 0. The Balaban J connectivity index is 1.55. The second kappa shape index (κ2) is 6.15. The first kappa shape index (κ1) is 13.3. The molecule has 1 aliphatic rings. The average Bonchev–Trinajstić information content (AvgIpc) is 3.11. The molecule has 1 saturated heterocycles. The molecule has 1 unspecified atom stereocenters. The molecular formula is C15H19N3O2. The molecule has 106 valence electrons. The van der Waals surface area contributed by atoms with Crippen molar-refractivity contribution in [2.75, 3.05) is 13.2 Å². The van der Waals surface area contributed by atoms with Crippen LogP contribution in [-0.2, 0) is 11.3 Å². The molecule has 0 amide bonds. The van der Waals surface area contributed by atoms with E-state index < -0.39 is 0 Å². The van der Waals surface area contributed by atoms with Gasteiger partial charge >= 0.3 is 0 Å². The van der Waals surface area contributed by atoms with Crippen molar-refractivity contribution in [3.63, 3.8) is 0 Å². The Kier molecular flexibility index (Phi) is 4.08. The van der Waals surface area contributed by atoms with E-state index in [4.69, 9.17) is 9.26 Å².